The second-order valence-corrected chi connectivity index (χ2v) is 3.04. The molecule has 0 radical (unpaired) electrons. The molecule has 0 bridgehead atoms. The normalized spacial score (nSPS) is 25.8. The lowest BCUT2D eigenvalue weighted by Gasteiger charge is -2.23. The minimum absolute atomic E-state index is 0.0718. The Morgan fingerprint density at radius 3 is 2.50 bits per heavy atom. The van der Waals surface area contributed by atoms with Crippen LogP contribution in [0.4, 0.5) is 4.79 Å². The van der Waals surface area contributed by atoms with Crippen molar-refractivity contribution in [1.29, 1.82) is 0 Å². The Bertz CT molecular complexity index is 145. The summed E-state index contributed by atoms with van der Waals surface area (Å²) >= 11 is 0. The summed E-state index contributed by atoms with van der Waals surface area (Å²) in [5, 5.41) is 2.79. The molecule has 1 fully saturated rings. The minimum atomic E-state index is 0.0718. The number of urea groups is 1. The van der Waals surface area contributed by atoms with Crippen LogP contribution in [0.3, 0.4) is 0 Å². The molecule has 1 aliphatic rings. The molecule has 0 unspecified atom stereocenters. The van der Waals surface area contributed by atoms with E-state index in [0.717, 1.165) is 6.54 Å². The van der Waals surface area contributed by atoms with Crippen LogP contribution in [-0.4, -0.2) is 29.6 Å². The van der Waals surface area contributed by atoms with Crippen molar-refractivity contribution < 1.29 is 4.79 Å². The Labute approximate surface area is 61.4 Å². The molecule has 0 saturated carbocycles. The Hall–Kier alpha value is -0.730. The van der Waals surface area contributed by atoms with E-state index in [-0.39, 0.29) is 6.03 Å². The molecular weight excluding hydrogens is 128 g/mol. The monoisotopic (exact) mass is 142 g/mol. The van der Waals surface area contributed by atoms with E-state index in [1.807, 2.05) is 18.7 Å². The van der Waals surface area contributed by atoms with Gasteiger partial charge in [-0.15, -0.1) is 0 Å². The molecule has 0 aromatic carbocycles. The first-order chi connectivity index (χ1) is 4.63. The molecule has 10 heavy (non-hydrogen) atoms. The molecule has 1 rings (SSSR count). The van der Waals surface area contributed by atoms with Gasteiger partial charge in [0.05, 0.1) is 0 Å². The largest absolute Gasteiger partial charge is 0.336 e. The smallest absolute Gasteiger partial charge is 0.318 e. The lowest BCUT2D eigenvalue weighted by atomic mass is 10.2. The summed E-state index contributed by atoms with van der Waals surface area (Å²) in [5.41, 5.74) is 0. The van der Waals surface area contributed by atoms with Gasteiger partial charge >= 0.3 is 6.03 Å². The third kappa shape index (κ3) is 1.08. The topological polar surface area (TPSA) is 32.3 Å². The third-order valence-electron chi connectivity index (χ3n) is 1.81. The van der Waals surface area contributed by atoms with E-state index >= 15 is 0 Å². The Morgan fingerprint density at radius 1 is 1.70 bits per heavy atom. The molecule has 3 nitrogen and oxygen atoms in total. The molecule has 1 aliphatic heterocycles. The van der Waals surface area contributed by atoms with Crippen molar-refractivity contribution in [3.8, 4) is 0 Å². The summed E-state index contributed by atoms with van der Waals surface area (Å²) < 4.78 is 0. The molecule has 2 amide bonds. The highest BCUT2D eigenvalue weighted by molar-refractivity contribution is 5.77. The summed E-state index contributed by atoms with van der Waals surface area (Å²) in [4.78, 5) is 12.9. The Morgan fingerprint density at radius 2 is 2.30 bits per heavy atom. The van der Waals surface area contributed by atoms with Gasteiger partial charge in [0.25, 0.3) is 0 Å². The van der Waals surface area contributed by atoms with Gasteiger partial charge < -0.3 is 10.2 Å². The summed E-state index contributed by atoms with van der Waals surface area (Å²) in [6, 6.07) is 0.743. The van der Waals surface area contributed by atoms with Gasteiger partial charge in [-0.05, 0) is 20.8 Å². The highest BCUT2D eigenvalue weighted by Crippen LogP contribution is 2.09. The SMILES string of the molecule is CC(C)N1C(=O)NC[C@@H]1C. The second-order valence-electron chi connectivity index (χ2n) is 3.04. The van der Waals surface area contributed by atoms with Gasteiger partial charge in [0.15, 0.2) is 0 Å². The molecular formula is C7H14N2O. The first kappa shape index (κ1) is 7.38. The van der Waals surface area contributed by atoms with Gasteiger partial charge in [0, 0.05) is 18.6 Å². The van der Waals surface area contributed by atoms with Crippen molar-refractivity contribution in [2.75, 3.05) is 6.54 Å². The van der Waals surface area contributed by atoms with E-state index in [0.29, 0.717) is 12.1 Å². The third-order valence-corrected chi connectivity index (χ3v) is 1.81. The average Bonchev–Trinajstić information content (AvgIpc) is 2.11. The van der Waals surface area contributed by atoms with Crippen LogP contribution in [0.2, 0.25) is 0 Å². The van der Waals surface area contributed by atoms with Crippen LogP contribution in [0.1, 0.15) is 20.8 Å². The standard InChI is InChI=1S/C7H14N2O/c1-5(2)9-6(3)4-8-7(9)10/h5-6H,4H2,1-3H3,(H,8,10)/t6-/m0/s1. The molecule has 1 saturated heterocycles. The zero-order valence-electron chi connectivity index (χ0n) is 6.72. The summed E-state index contributed by atoms with van der Waals surface area (Å²) in [7, 11) is 0. The number of nitrogens with zero attached hydrogens (tertiary/aromatic N) is 1. The number of hydrogen-bond donors (Lipinski definition) is 1. The fraction of sp³-hybridized carbons (Fsp3) is 0.857. The van der Waals surface area contributed by atoms with Gasteiger partial charge in [-0.1, -0.05) is 0 Å². The van der Waals surface area contributed by atoms with Crippen molar-refractivity contribution >= 4 is 6.03 Å². The van der Waals surface area contributed by atoms with E-state index in [4.69, 9.17) is 0 Å². The van der Waals surface area contributed by atoms with Crippen LogP contribution >= 0.6 is 0 Å². The van der Waals surface area contributed by atoms with Gasteiger partial charge in [-0.3, -0.25) is 0 Å². The van der Waals surface area contributed by atoms with Gasteiger partial charge in [-0.2, -0.15) is 0 Å². The lowest BCUT2D eigenvalue weighted by Crippen LogP contribution is -2.38. The summed E-state index contributed by atoms with van der Waals surface area (Å²) in [6.07, 6.45) is 0. The molecule has 58 valence electrons. The number of rotatable bonds is 1. The highest BCUT2D eigenvalue weighted by atomic mass is 16.2. The molecule has 0 aromatic rings. The molecule has 1 atom stereocenters. The fourth-order valence-corrected chi connectivity index (χ4v) is 1.37. The van der Waals surface area contributed by atoms with Gasteiger partial charge in [0.2, 0.25) is 0 Å². The van der Waals surface area contributed by atoms with Crippen LogP contribution in [0.5, 0.6) is 0 Å². The highest BCUT2D eigenvalue weighted by Gasteiger charge is 2.28. The molecule has 0 aliphatic carbocycles. The Balaban J connectivity index is 2.63. The number of carbonyl (C=O) groups excluding carboxylic acids is 1. The predicted octanol–water partition coefficient (Wildman–Crippen LogP) is 0.808. The molecule has 1 N–H and O–H groups in total. The summed E-state index contributed by atoms with van der Waals surface area (Å²) in [5.74, 6) is 0. The van der Waals surface area contributed by atoms with E-state index in [1.54, 1.807) is 0 Å². The lowest BCUT2D eigenvalue weighted by molar-refractivity contribution is 0.190. The van der Waals surface area contributed by atoms with Crippen molar-refractivity contribution in [1.82, 2.24) is 10.2 Å². The molecule has 0 aromatic heterocycles. The minimum Gasteiger partial charge on any atom is -0.336 e. The maximum atomic E-state index is 11.0. The first-order valence-corrected chi connectivity index (χ1v) is 3.69. The zero-order valence-corrected chi connectivity index (χ0v) is 6.72. The second kappa shape index (κ2) is 2.48. The average molecular weight is 142 g/mol. The zero-order chi connectivity index (χ0) is 7.72. The fourth-order valence-electron chi connectivity index (χ4n) is 1.37. The predicted molar refractivity (Wildman–Crippen MR) is 39.8 cm³/mol. The van der Waals surface area contributed by atoms with Crippen LogP contribution in [0.15, 0.2) is 0 Å². The van der Waals surface area contributed by atoms with Crippen molar-refractivity contribution in [2.24, 2.45) is 0 Å². The van der Waals surface area contributed by atoms with E-state index < -0.39 is 0 Å². The summed E-state index contributed by atoms with van der Waals surface area (Å²) in [6.45, 7) is 6.90. The molecule has 1 heterocycles. The molecule has 3 heteroatoms. The maximum absolute atomic E-state index is 11.0. The first-order valence-electron chi connectivity index (χ1n) is 3.69. The van der Waals surface area contributed by atoms with Crippen LogP contribution in [0, 0.1) is 0 Å². The number of carbonyl (C=O) groups is 1. The maximum Gasteiger partial charge on any atom is 0.318 e. The van der Waals surface area contributed by atoms with E-state index in [1.165, 1.54) is 0 Å². The number of hydrogen-bond acceptors (Lipinski definition) is 1. The van der Waals surface area contributed by atoms with Crippen LogP contribution < -0.4 is 5.32 Å². The quantitative estimate of drug-likeness (QED) is 0.577. The molecule has 0 spiro atoms. The van der Waals surface area contributed by atoms with E-state index in [9.17, 15) is 4.79 Å². The van der Waals surface area contributed by atoms with Crippen molar-refractivity contribution in [3.63, 3.8) is 0 Å². The Kier molecular flexibility index (Phi) is 1.83. The number of amides is 2. The van der Waals surface area contributed by atoms with Crippen molar-refractivity contribution in [3.05, 3.63) is 0 Å². The van der Waals surface area contributed by atoms with E-state index in [2.05, 4.69) is 12.2 Å². The van der Waals surface area contributed by atoms with Crippen LogP contribution in [-0.2, 0) is 0 Å². The number of nitrogens with one attached hydrogen (secondary N) is 1. The van der Waals surface area contributed by atoms with Crippen molar-refractivity contribution in [2.45, 2.75) is 32.9 Å². The van der Waals surface area contributed by atoms with Crippen LogP contribution in [0.25, 0.3) is 0 Å². The van der Waals surface area contributed by atoms with Gasteiger partial charge in [0.1, 0.15) is 0 Å². The van der Waals surface area contributed by atoms with Gasteiger partial charge in [-0.25, -0.2) is 4.79 Å².